The summed E-state index contributed by atoms with van der Waals surface area (Å²) >= 11 is 0. The van der Waals surface area contributed by atoms with Crippen LogP contribution in [0.25, 0.3) is 0 Å². The van der Waals surface area contributed by atoms with Gasteiger partial charge >= 0.3 is 0 Å². The Morgan fingerprint density at radius 1 is 1.20 bits per heavy atom. The number of rotatable bonds is 8. The summed E-state index contributed by atoms with van der Waals surface area (Å²) in [5, 5.41) is 0. The fourth-order valence-corrected chi connectivity index (χ4v) is 3.55. The van der Waals surface area contributed by atoms with E-state index in [0.29, 0.717) is 22.8 Å². The summed E-state index contributed by atoms with van der Waals surface area (Å²) in [5.74, 6) is 4.56. The Morgan fingerprint density at radius 2 is 1.88 bits per heavy atom. The average Bonchev–Trinajstić information content (AvgIpc) is 2.57. The molecule has 4 nitrogen and oxygen atoms in total. The lowest BCUT2D eigenvalue weighted by atomic mass is 10.1. The van der Waals surface area contributed by atoms with Gasteiger partial charge in [-0.15, -0.1) is 0 Å². The fraction of sp³-hybridized carbons (Fsp3) is 0.300. The van der Waals surface area contributed by atoms with Crippen LogP contribution in [0.5, 0.6) is 5.75 Å². The summed E-state index contributed by atoms with van der Waals surface area (Å²) in [5.41, 5.74) is 2.12. The van der Waals surface area contributed by atoms with Crippen molar-refractivity contribution in [1.82, 2.24) is 0 Å². The highest BCUT2D eigenvalue weighted by Crippen LogP contribution is 2.23. The van der Waals surface area contributed by atoms with Gasteiger partial charge < -0.3 is 9.46 Å². The summed E-state index contributed by atoms with van der Waals surface area (Å²) in [7, 11) is -2.74. The first-order chi connectivity index (χ1) is 11.8. The van der Waals surface area contributed by atoms with Gasteiger partial charge in [0, 0.05) is 16.1 Å². The SMILES string of the molecule is C=S(=O)(Nc1cc(C(C)=O)ccc1C)c1ccc(OCCCC)cc1. The third-order valence-corrected chi connectivity index (χ3v) is 5.47. The number of carbonyl (C=O) groups is 1. The van der Waals surface area contributed by atoms with Crippen molar-refractivity contribution < 1.29 is 13.7 Å². The smallest absolute Gasteiger partial charge is 0.159 e. The zero-order valence-corrected chi connectivity index (χ0v) is 15.8. The normalized spacial score (nSPS) is 13.1. The highest BCUT2D eigenvalue weighted by Gasteiger charge is 2.11. The van der Waals surface area contributed by atoms with Crippen LogP contribution in [0.15, 0.2) is 47.4 Å². The van der Waals surface area contributed by atoms with Gasteiger partial charge in [-0.25, -0.2) is 4.21 Å². The zero-order chi connectivity index (χ0) is 18.4. The van der Waals surface area contributed by atoms with E-state index in [0.717, 1.165) is 24.2 Å². The first kappa shape index (κ1) is 19.1. The summed E-state index contributed by atoms with van der Waals surface area (Å²) < 4.78 is 21.6. The monoisotopic (exact) mass is 359 g/mol. The molecule has 1 unspecified atom stereocenters. The maximum atomic E-state index is 13.0. The molecule has 0 aliphatic heterocycles. The third kappa shape index (κ3) is 5.10. The van der Waals surface area contributed by atoms with Crippen LogP contribution in [0.1, 0.15) is 42.6 Å². The molecule has 25 heavy (non-hydrogen) atoms. The second-order valence-corrected chi connectivity index (χ2v) is 8.06. The van der Waals surface area contributed by atoms with Gasteiger partial charge in [0.25, 0.3) is 0 Å². The number of Topliss-reactive ketones (excluding diaryl/α,β-unsaturated/α-hetero) is 1. The molecule has 2 aromatic carbocycles. The molecule has 0 saturated carbocycles. The Labute approximate surface area is 150 Å². The second-order valence-electron chi connectivity index (χ2n) is 6.04. The van der Waals surface area contributed by atoms with Crippen molar-refractivity contribution in [3.05, 3.63) is 53.6 Å². The van der Waals surface area contributed by atoms with Crippen molar-refractivity contribution in [2.45, 2.75) is 38.5 Å². The molecule has 1 N–H and O–H groups in total. The van der Waals surface area contributed by atoms with Crippen molar-refractivity contribution in [1.29, 1.82) is 0 Å². The van der Waals surface area contributed by atoms with Gasteiger partial charge in [-0.3, -0.25) is 4.79 Å². The number of unbranched alkanes of at least 4 members (excludes halogenated alkanes) is 1. The fourth-order valence-electron chi connectivity index (χ4n) is 2.28. The summed E-state index contributed by atoms with van der Waals surface area (Å²) in [6.45, 7) is 6.18. The Balaban J connectivity index is 2.19. The number of ketones is 1. The van der Waals surface area contributed by atoms with Crippen molar-refractivity contribution >= 4 is 27.0 Å². The van der Waals surface area contributed by atoms with Crippen LogP contribution >= 0.6 is 0 Å². The Bertz CT molecular complexity index is 840. The van der Waals surface area contributed by atoms with E-state index in [1.165, 1.54) is 6.92 Å². The number of hydrogen-bond acceptors (Lipinski definition) is 3. The average molecular weight is 359 g/mol. The molecule has 0 radical (unpaired) electrons. The molecule has 0 aliphatic rings. The van der Waals surface area contributed by atoms with E-state index < -0.39 is 9.71 Å². The highest BCUT2D eigenvalue weighted by atomic mass is 32.2. The molecule has 0 spiro atoms. The van der Waals surface area contributed by atoms with Gasteiger partial charge in [0.15, 0.2) is 5.78 Å². The molecule has 134 valence electrons. The van der Waals surface area contributed by atoms with Gasteiger partial charge in [-0.05, 0) is 62.0 Å². The lowest BCUT2D eigenvalue weighted by molar-refractivity contribution is 0.101. The molecule has 0 aliphatic carbocycles. The lowest BCUT2D eigenvalue weighted by Gasteiger charge is -2.16. The van der Waals surface area contributed by atoms with Gasteiger partial charge in [0.2, 0.25) is 0 Å². The molecule has 0 saturated heterocycles. The molecule has 2 rings (SSSR count). The first-order valence-corrected chi connectivity index (χ1v) is 10.1. The molecular weight excluding hydrogens is 334 g/mol. The van der Waals surface area contributed by atoms with Gasteiger partial charge in [-0.1, -0.05) is 25.5 Å². The van der Waals surface area contributed by atoms with E-state index >= 15 is 0 Å². The van der Waals surface area contributed by atoms with Gasteiger partial charge in [-0.2, -0.15) is 0 Å². The molecular formula is C20H25NO3S. The van der Waals surface area contributed by atoms with Crippen LogP contribution < -0.4 is 9.46 Å². The predicted octanol–water partition coefficient (Wildman–Crippen LogP) is 4.48. The summed E-state index contributed by atoms with van der Waals surface area (Å²) in [6, 6.07) is 12.4. The molecule has 1 atom stereocenters. The third-order valence-electron chi connectivity index (χ3n) is 3.89. The van der Waals surface area contributed by atoms with E-state index in [4.69, 9.17) is 4.74 Å². The first-order valence-electron chi connectivity index (χ1n) is 8.33. The van der Waals surface area contributed by atoms with Crippen LogP contribution in [-0.4, -0.2) is 22.5 Å². The molecule has 0 amide bonds. The molecule has 0 bridgehead atoms. The van der Waals surface area contributed by atoms with E-state index in [1.807, 2.05) is 13.0 Å². The number of benzene rings is 2. The van der Waals surface area contributed by atoms with Gasteiger partial charge in [0.05, 0.1) is 16.3 Å². The number of ether oxygens (including phenoxy) is 1. The molecule has 0 fully saturated rings. The van der Waals surface area contributed by atoms with Crippen molar-refractivity contribution in [3.63, 3.8) is 0 Å². The topological polar surface area (TPSA) is 55.4 Å². The molecule has 5 heteroatoms. The second kappa shape index (κ2) is 8.21. The van der Waals surface area contributed by atoms with E-state index in [9.17, 15) is 9.00 Å². The Kier molecular flexibility index (Phi) is 6.26. The number of hydrogen-bond donors (Lipinski definition) is 1. The number of nitrogens with one attached hydrogen (secondary N) is 1. The standard InChI is InChI=1S/C20H25NO3S/c1-5-6-13-24-18-9-11-19(12-10-18)25(4,23)21-20-14-17(16(3)22)8-7-15(20)2/h7-12,14H,4-6,13H2,1-3H3,(H,21,23). The highest BCUT2D eigenvalue weighted by molar-refractivity contribution is 8.01. The Hall–Kier alpha value is -2.27. The van der Waals surface area contributed by atoms with Crippen LogP contribution in [0.4, 0.5) is 5.69 Å². The van der Waals surface area contributed by atoms with Crippen LogP contribution in [0, 0.1) is 6.92 Å². The van der Waals surface area contributed by atoms with E-state index in [2.05, 4.69) is 17.5 Å². The molecule has 0 heterocycles. The number of anilines is 1. The van der Waals surface area contributed by atoms with Crippen LogP contribution in [0.3, 0.4) is 0 Å². The maximum absolute atomic E-state index is 13.0. The van der Waals surface area contributed by atoms with E-state index in [-0.39, 0.29) is 5.78 Å². The zero-order valence-electron chi connectivity index (χ0n) is 15.0. The predicted molar refractivity (Wildman–Crippen MR) is 105 cm³/mol. The minimum absolute atomic E-state index is 0.0350. The van der Waals surface area contributed by atoms with E-state index in [1.54, 1.807) is 36.4 Å². The quantitative estimate of drug-likeness (QED) is 0.429. The number of carbonyl (C=O) groups excluding carboxylic acids is 1. The molecule has 2 aromatic rings. The lowest BCUT2D eigenvalue weighted by Crippen LogP contribution is -2.14. The minimum Gasteiger partial charge on any atom is -0.494 e. The molecule has 0 aromatic heterocycles. The minimum atomic E-state index is -2.74. The summed E-state index contributed by atoms with van der Waals surface area (Å²) in [6.07, 6.45) is 2.08. The summed E-state index contributed by atoms with van der Waals surface area (Å²) in [4.78, 5) is 12.1. The Morgan fingerprint density at radius 3 is 2.48 bits per heavy atom. The maximum Gasteiger partial charge on any atom is 0.159 e. The van der Waals surface area contributed by atoms with Crippen molar-refractivity contribution in [2.24, 2.45) is 0 Å². The van der Waals surface area contributed by atoms with Crippen LogP contribution in [0.2, 0.25) is 0 Å². The van der Waals surface area contributed by atoms with Crippen molar-refractivity contribution in [2.75, 3.05) is 11.3 Å². The van der Waals surface area contributed by atoms with Crippen LogP contribution in [-0.2, 0) is 9.71 Å². The largest absolute Gasteiger partial charge is 0.494 e. The van der Waals surface area contributed by atoms with Crippen molar-refractivity contribution in [3.8, 4) is 5.75 Å². The van der Waals surface area contributed by atoms with Gasteiger partial charge in [0.1, 0.15) is 5.75 Å². The number of aryl methyl sites for hydroxylation is 1.